The largest absolute Gasteiger partial charge is 0.346 e. The number of nitrogens with one attached hydrogen (secondary N) is 1. The van der Waals surface area contributed by atoms with E-state index >= 15 is 0 Å². The van der Waals surface area contributed by atoms with Crippen molar-refractivity contribution in [2.45, 2.75) is 51.4 Å². The Morgan fingerprint density at radius 2 is 2.15 bits per heavy atom. The molecule has 0 atom stereocenters. The predicted molar refractivity (Wildman–Crippen MR) is 53.8 cm³/mol. The zero-order valence-corrected chi connectivity index (χ0v) is 8.34. The van der Waals surface area contributed by atoms with Gasteiger partial charge in [-0.1, -0.05) is 26.2 Å². The number of imidazole rings is 1. The van der Waals surface area contributed by atoms with Crippen LogP contribution in [0.4, 0.5) is 0 Å². The van der Waals surface area contributed by atoms with Crippen LogP contribution in [0, 0.1) is 0 Å². The monoisotopic (exact) mass is 178 g/mol. The molecule has 0 unspecified atom stereocenters. The molecule has 0 saturated heterocycles. The van der Waals surface area contributed by atoms with Gasteiger partial charge in [0.25, 0.3) is 0 Å². The maximum atomic E-state index is 4.46. The van der Waals surface area contributed by atoms with Crippen LogP contribution in [0.15, 0.2) is 6.20 Å². The van der Waals surface area contributed by atoms with E-state index in [9.17, 15) is 0 Å². The van der Waals surface area contributed by atoms with Crippen LogP contribution in [0.2, 0.25) is 0 Å². The number of nitrogens with zero attached hydrogens (tertiary/aromatic N) is 1. The molecule has 0 amide bonds. The average molecular weight is 178 g/mol. The Balaban J connectivity index is 2.05. The summed E-state index contributed by atoms with van der Waals surface area (Å²) in [5, 5.41) is 0. The Bertz CT molecular complexity index is 259. The second-order valence-electron chi connectivity index (χ2n) is 3.98. The van der Waals surface area contributed by atoms with Crippen LogP contribution in [-0.2, 0) is 6.42 Å². The summed E-state index contributed by atoms with van der Waals surface area (Å²) in [6, 6.07) is 0. The number of aryl methyl sites for hydroxylation is 1. The van der Waals surface area contributed by atoms with Crippen molar-refractivity contribution in [2.24, 2.45) is 0 Å². The van der Waals surface area contributed by atoms with Gasteiger partial charge >= 0.3 is 0 Å². The summed E-state index contributed by atoms with van der Waals surface area (Å²) in [5.74, 6) is 1.95. The first-order valence-corrected chi connectivity index (χ1v) is 5.44. The number of aromatic amines is 1. The minimum absolute atomic E-state index is 0.717. The lowest BCUT2D eigenvalue weighted by molar-refractivity contribution is 0.430. The molecule has 1 fully saturated rings. The van der Waals surface area contributed by atoms with Crippen molar-refractivity contribution < 1.29 is 0 Å². The maximum absolute atomic E-state index is 4.46. The molecule has 1 aromatic rings. The van der Waals surface area contributed by atoms with Crippen molar-refractivity contribution in [3.8, 4) is 0 Å². The van der Waals surface area contributed by atoms with Crippen molar-refractivity contribution in [3.05, 3.63) is 17.7 Å². The fourth-order valence-corrected chi connectivity index (χ4v) is 2.14. The van der Waals surface area contributed by atoms with Crippen LogP contribution in [-0.4, -0.2) is 9.97 Å². The molecule has 0 radical (unpaired) electrons. The van der Waals surface area contributed by atoms with Gasteiger partial charge < -0.3 is 4.98 Å². The lowest BCUT2D eigenvalue weighted by atomic mass is 9.89. The Morgan fingerprint density at radius 1 is 1.38 bits per heavy atom. The molecule has 2 heteroatoms. The number of hydrogen-bond acceptors (Lipinski definition) is 1. The first-order valence-electron chi connectivity index (χ1n) is 5.44. The molecule has 1 heterocycles. The lowest BCUT2D eigenvalue weighted by Crippen LogP contribution is -2.06. The Hall–Kier alpha value is -0.790. The fraction of sp³-hybridized carbons (Fsp3) is 0.727. The van der Waals surface area contributed by atoms with E-state index in [1.807, 2.05) is 6.20 Å². The highest BCUT2D eigenvalue weighted by atomic mass is 14.9. The van der Waals surface area contributed by atoms with E-state index in [1.54, 1.807) is 0 Å². The van der Waals surface area contributed by atoms with Crippen LogP contribution in [0.25, 0.3) is 0 Å². The molecule has 13 heavy (non-hydrogen) atoms. The molecule has 1 aliphatic rings. The van der Waals surface area contributed by atoms with E-state index in [2.05, 4.69) is 16.9 Å². The van der Waals surface area contributed by atoms with Gasteiger partial charge in [-0.25, -0.2) is 4.98 Å². The minimum Gasteiger partial charge on any atom is -0.346 e. The molecule has 0 aliphatic heterocycles. The molecule has 2 nitrogen and oxygen atoms in total. The van der Waals surface area contributed by atoms with E-state index in [-0.39, 0.29) is 0 Å². The third-order valence-corrected chi connectivity index (χ3v) is 3.02. The molecule has 1 N–H and O–H groups in total. The molecule has 2 rings (SSSR count). The highest BCUT2D eigenvalue weighted by molar-refractivity contribution is 5.05. The van der Waals surface area contributed by atoms with Crippen molar-refractivity contribution in [3.63, 3.8) is 0 Å². The third-order valence-electron chi connectivity index (χ3n) is 3.02. The van der Waals surface area contributed by atoms with Crippen LogP contribution < -0.4 is 0 Å². The van der Waals surface area contributed by atoms with Gasteiger partial charge in [-0.05, 0) is 19.3 Å². The summed E-state index contributed by atoms with van der Waals surface area (Å²) in [7, 11) is 0. The second-order valence-corrected chi connectivity index (χ2v) is 3.98. The first-order chi connectivity index (χ1) is 6.40. The van der Waals surface area contributed by atoms with Gasteiger partial charge in [-0.2, -0.15) is 0 Å². The molecule has 1 saturated carbocycles. The van der Waals surface area contributed by atoms with Gasteiger partial charge in [0.15, 0.2) is 0 Å². The third kappa shape index (κ3) is 1.93. The van der Waals surface area contributed by atoms with Crippen molar-refractivity contribution >= 4 is 0 Å². The maximum Gasteiger partial charge on any atom is 0.109 e. The van der Waals surface area contributed by atoms with E-state index in [0.717, 1.165) is 6.42 Å². The fourth-order valence-electron chi connectivity index (χ4n) is 2.14. The normalized spacial score (nSPS) is 19.2. The quantitative estimate of drug-likeness (QED) is 0.741. The molecule has 1 aromatic heterocycles. The second kappa shape index (κ2) is 3.95. The zero-order valence-electron chi connectivity index (χ0n) is 8.34. The summed E-state index contributed by atoms with van der Waals surface area (Å²) in [6.07, 6.45) is 9.90. The van der Waals surface area contributed by atoms with Crippen LogP contribution in [0.1, 0.15) is 56.5 Å². The molecule has 0 spiro atoms. The topological polar surface area (TPSA) is 28.7 Å². The summed E-state index contributed by atoms with van der Waals surface area (Å²) in [5.41, 5.74) is 1.28. The summed E-state index contributed by atoms with van der Waals surface area (Å²) >= 11 is 0. The number of H-pyrrole nitrogens is 1. The Morgan fingerprint density at radius 3 is 2.77 bits per heavy atom. The van der Waals surface area contributed by atoms with E-state index in [1.165, 1.54) is 43.6 Å². The Labute approximate surface area is 79.8 Å². The van der Waals surface area contributed by atoms with Gasteiger partial charge in [0, 0.05) is 17.8 Å². The molecule has 0 aromatic carbocycles. The zero-order chi connectivity index (χ0) is 9.10. The van der Waals surface area contributed by atoms with Gasteiger partial charge in [-0.3, -0.25) is 0 Å². The Kier molecular flexibility index (Phi) is 2.67. The molecule has 72 valence electrons. The number of rotatable bonds is 2. The average Bonchev–Trinajstić information content (AvgIpc) is 2.67. The molecular formula is C11H18N2. The van der Waals surface area contributed by atoms with Crippen molar-refractivity contribution in [1.29, 1.82) is 0 Å². The van der Waals surface area contributed by atoms with Crippen LogP contribution in [0.3, 0.4) is 0 Å². The predicted octanol–water partition coefficient (Wildman–Crippen LogP) is 3.02. The molecular weight excluding hydrogens is 160 g/mol. The van der Waals surface area contributed by atoms with Gasteiger partial charge in [0.1, 0.15) is 5.82 Å². The van der Waals surface area contributed by atoms with Crippen molar-refractivity contribution in [1.82, 2.24) is 9.97 Å². The summed E-state index contributed by atoms with van der Waals surface area (Å²) in [6.45, 7) is 2.16. The van der Waals surface area contributed by atoms with E-state index in [0.29, 0.717) is 5.92 Å². The SMILES string of the molecule is CCc1cnc(C2CCCCC2)[nH]1. The van der Waals surface area contributed by atoms with E-state index in [4.69, 9.17) is 0 Å². The number of aromatic nitrogens is 2. The highest BCUT2D eigenvalue weighted by Crippen LogP contribution is 2.30. The van der Waals surface area contributed by atoms with E-state index < -0.39 is 0 Å². The molecule has 1 aliphatic carbocycles. The smallest absolute Gasteiger partial charge is 0.109 e. The molecule has 0 bridgehead atoms. The van der Waals surface area contributed by atoms with Gasteiger partial charge in [0.05, 0.1) is 0 Å². The summed E-state index contributed by atoms with van der Waals surface area (Å²) in [4.78, 5) is 7.88. The standard InChI is InChI=1S/C11H18N2/c1-2-10-8-12-11(13-10)9-6-4-3-5-7-9/h8-9H,2-7H2,1H3,(H,12,13). The number of hydrogen-bond donors (Lipinski definition) is 1. The lowest BCUT2D eigenvalue weighted by Gasteiger charge is -2.19. The highest BCUT2D eigenvalue weighted by Gasteiger charge is 2.17. The van der Waals surface area contributed by atoms with Crippen molar-refractivity contribution in [2.75, 3.05) is 0 Å². The van der Waals surface area contributed by atoms with Gasteiger partial charge in [0.2, 0.25) is 0 Å². The first kappa shape index (κ1) is 8.79. The summed E-state index contributed by atoms with van der Waals surface area (Å²) < 4.78 is 0. The minimum atomic E-state index is 0.717. The van der Waals surface area contributed by atoms with Gasteiger partial charge in [-0.15, -0.1) is 0 Å². The van der Waals surface area contributed by atoms with Crippen LogP contribution >= 0.6 is 0 Å². The van der Waals surface area contributed by atoms with Crippen LogP contribution in [0.5, 0.6) is 0 Å².